The van der Waals surface area contributed by atoms with E-state index >= 15 is 0 Å². The molecule has 20 heavy (non-hydrogen) atoms. The van der Waals surface area contributed by atoms with Crippen molar-refractivity contribution in [3.63, 3.8) is 0 Å². The lowest BCUT2D eigenvalue weighted by molar-refractivity contribution is -0.244. The zero-order valence-corrected chi connectivity index (χ0v) is 9.27. The average Bonchev–Trinajstić information content (AvgIpc) is 2.25. The summed E-state index contributed by atoms with van der Waals surface area (Å²) < 4.78 is 86.6. The number of hydrogen-bond acceptors (Lipinski definition) is 2. The maximum Gasteiger partial charge on any atom is 0.422 e. The van der Waals surface area contributed by atoms with Crippen molar-refractivity contribution in [2.75, 3.05) is 0 Å². The van der Waals surface area contributed by atoms with Crippen molar-refractivity contribution in [1.82, 2.24) is 0 Å². The smallest absolute Gasteiger partial charge is 0.422 e. The minimum Gasteiger partial charge on any atom is -0.872 e. The van der Waals surface area contributed by atoms with Crippen LogP contribution in [0.4, 0.5) is 30.7 Å². The van der Waals surface area contributed by atoms with Crippen LogP contribution in [0.25, 0.3) is 5.76 Å². The Morgan fingerprint density at radius 1 is 1.15 bits per heavy atom. The zero-order valence-electron chi connectivity index (χ0n) is 9.27. The molecule has 0 aliphatic heterocycles. The second kappa shape index (κ2) is 5.51. The number of allylic oxidation sites excluding steroid dienone is 1. The molecule has 0 N–H and O–H groups in total. The van der Waals surface area contributed by atoms with Gasteiger partial charge in [-0.3, -0.25) is 4.79 Å². The van der Waals surface area contributed by atoms with E-state index < -0.39 is 46.9 Å². The molecule has 0 aliphatic carbocycles. The van der Waals surface area contributed by atoms with Gasteiger partial charge in [-0.2, -0.15) is 13.2 Å². The fourth-order valence-electron chi connectivity index (χ4n) is 1.26. The summed E-state index contributed by atoms with van der Waals surface area (Å²) in [5, 5.41) is 11.2. The van der Waals surface area contributed by atoms with Gasteiger partial charge in [0.2, 0.25) is 5.78 Å². The molecule has 1 aromatic carbocycles. The second-order valence-electron chi connectivity index (χ2n) is 3.52. The summed E-state index contributed by atoms with van der Waals surface area (Å²) in [5.74, 6) is -7.62. The Labute approximate surface area is 107 Å². The molecule has 1 aromatic rings. The van der Waals surface area contributed by atoms with Crippen LogP contribution < -0.4 is 5.11 Å². The number of alkyl halides is 5. The molecule has 0 saturated carbocycles. The number of carbonyl (C=O) groups excluding carboxylic acids is 1. The molecular formula is C11H4F7O2-. The van der Waals surface area contributed by atoms with Crippen molar-refractivity contribution in [1.29, 1.82) is 0 Å². The molecule has 2 nitrogen and oxygen atoms in total. The van der Waals surface area contributed by atoms with E-state index in [-0.39, 0.29) is 18.2 Å². The highest BCUT2D eigenvalue weighted by molar-refractivity contribution is 5.97. The quantitative estimate of drug-likeness (QED) is 0.489. The third-order valence-electron chi connectivity index (χ3n) is 2.10. The predicted octanol–water partition coefficient (Wildman–Crippen LogP) is 2.52. The van der Waals surface area contributed by atoms with Crippen LogP contribution in [0.15, 0.2) is 18.2 Å². The molecule has 0 atom stereocenters. The summed E-state index contributed by atoms with van der Waals surface area (Å²) >= 11 is 0. The molecule has 0 unspecified atom stereocenters. The van der Waals surface area contributed by atoms with Crippen molar-refractivity contribution in [2.45, 2.75) is 12.6 Å². The molecule has 0 bridgehead atoms. The molecule has 1 rings (SSSR count). The molecular weight excluding hydrogens is 297 g/mol. The first-order valence-corrected chi connectivity index (χ1v) is 4.81. The van der Waals surface area contributed by atoms with Gasteiger partial charge in [0.1, 0.15) is 17.2 Å². The highest BCUT2D eigenvalue weighted by Gasteiger charge is 2.37. The van der Waals surface area contributed by atoms with Crippen LogP contribution in [0.3, 0.4) is 0 Å². The van der Waals surface area contributed by atoms with Gasteiger partial charge in [-0.15, -0.1) is 0 Å². The normalized spacial score (nSPS) is 12.9. The van der Waals surface area contributed by atoms with Crippen LogP contribution in [0, 0.1) is 11.6 Å². The maximum atomic E-state index is 13.1. The number of halogens is 7. The summed E-state index contributed by atoms with van der Waals surface area (Å²) in [6, 6.07) is 0.0347. The minimum absolute atomic E-state index is 0.0173. The lowest BCUT2D eigenvalue weighted by Gasteiger charge is -2.15. The molecule has 9 heteroatoms. The Morgan fingerprint density at radius 3 is 1.95 bits per heavy atom. The average molecular weight is 301 g/mol. The molecule has 0 amide bonds. The summed E-state index contributed by atoms with van der Waals surface area (Å²) in [6.07, 6.45) is -8.98. The first-order valence-electron chi connectivity index (χ1n) is 4.81. The van der Waals surface area contributed by atoms with E-state index in [1.807, 2.05) is 0 Å². The zero-order chi connectivity index (χ0) is 15.7. The Kier molecular flexibility index (Phi) is 4.41. The maximum absolute atomic E-state index is 13.1. The van der Waals surface area contributed by atoms with Crippen LogP contribution in [-0.4, -0.2) is 12.2 Å². The highest BCUT2D eigenvalue weighted by Crippen LogP contribution is 2.34. The Balaban J connectivity index is 3.28. The van der Waals surface area contributed by atoms with Crippen LogP contribution in [-0.2, 0) is 11.0 Å². The largest absolute Gasteiger partial charge is 0.872 e. The van der Waals surface area contributed by atoms with Gasteiger partial charge in [-0.05, 0) is 23.8 Å². The summed E-state index contributed by atoms with van der Waals surface area (Å²) in [4.78, 5) is 10.5. The van der Waals surface area contributed by atoms with Crippen LogP contribution in [0.5, 0.6) is 0 Å². The van der Waals surface area contributed by atoms with E-state index in [9.17, 15) is 40.6 Å². The first kappa shape index (κ1) is 16.0. The lowest BCUT2D eigenvalue weighted by Crippen LogP contribution is -2.15. The predicted molar refractivity (Wildman–Crippen MR) is 50.3 cm³/mol. The van der Waals surface area contributed by atoms with Gasteiger partial charge >= 0.3 is 6.18 Å². The van der Waals surface area contributed by atoms with E-state index in [2.05, 4.69) is 0 Å². The van der Waals surface area contributed by atoms with E-state index in [0.717, 1.165) is 0 Å². The van der Waals surface area contributed by atoms with E-state index in [4.69, 9.17) is 0 Å². The highest BCUT2D eigenvalue weighted by atomic mass is 19.4. The van der Waals surface area contributed by atoms with Gasteiger partial charge in [-0.25, -0.2) is 17.6 Å². The molecule has 0 radical (unpaired) electrons. The SMILES string of the molecule is O=C(/C=C(\[O-])c1cc(F)c(C(F)(F)F)c(F)c1)C(F)F. The molecule has 0 spiro atoms. The monoisotopic (exact) mass is 301 g/mol. The Hall–Kier alpha value is -2.06. The summed E-state index contributed by atoms with van der Waals surface area (Å²) in [7, 11) is 0. The van der Waals surface area contributed by atoms with E-state index in [0.29, 0.717) is 0 Å². The van der Waals surface area contributed by atoms with E-state index in [1.54, 1.807) is 0 Å². The number of hydrogen-bond donors (Lipinski definition) is 0. The molecule has 0 aromatic heterocycles. The Bertz CT molecular complexity index is 537. The second-order valence-corrected chi connectivity index (χ2v) is 3.52. The summed E-state index contributed by atoms with van der Waals surface area (Å²) in [5.41, 5.74) is -3.20. The van der Waals surface area contributed by atoms with Crippen molar-refractivity contribution >= 4 is 11.5 Å². The van der Waals surface area contributed by atoms with Crippen LogP contribution in [0.1, 0.15) is 11.1 Å². The first-order chi connectivity index (χ1) is 9.04. The molecule has 0 aliphatic rings. The molecule has 0 fully saturated rings. The van der Waals surface area contributed by atoms with Crippen molar-refractivity contribution < 1.29 is 40.6 Å². The number of rotatable bonds is 3. The van der Waals surface area contributed by atoms with Gasteiger partial charge in [0.15, 0.2) is 0 Å². The van der Waals surface area contributed by atoms with Crippen molar-refractivity contribution in [3.8, 4) is 0 Å². The number of carbonyl (C=O) groups is 1. The van der Waals surface area contributed by atoms with Gasteiger partial charge in [0.05, 0.1) is 0 Å². The van der Waals surface area contributed by atoms with Crippen LogP contribution in [0.2, 0.25) is 0 Å². The summed E-state index contributed by atoms with van der Waals surface area (Å²) in [6.45, 7) is 0. The molecule has 0 heterocycles. The third-order valence-corrected chi connectivity index (χ3v) is 2.10. The van der Waals surface area contributed by atoms with Gasteiger partial charge in [-0.1, -0.05) is 5.76 Å². The molecule has 110 valence electrons. The molecule has 0 saturated heterocycles. The van der Waals surface area contributed by atoms with Gasteiger partial charge < -0.3 is 5.11 Å². The van der Waals surface area contributed by atoms with Crippen molar-refractivity contribution in [2.24, 2.45) is 0 Å². The fraction of sp³-hybridized carbons (Fsp3) is 0.182. The Morgan fingerprint density at radius 2 is 1.60 bits per heavy atom. The van der Waals surface area contributed by atoms with Gasteiger partial charge in [0.25, 0.3) is 6.43 Å². The third kappa shape index (κ3) is 3.49. The standard InChI is InChI=1S/C11H5F7O2/c12-5-1-4(7(19)3-8(20)10(14)15)2-6(13)9(5)11(16,17)18/h1-3,10,19H/p-1/b7-3-. The van der Waals surface area contributed by atoms with Crippen molar-refractivity contribution in [3.05, 3.63) is 41.0 Å². The van der Waals surface area contributed by atoms with E-state index in [1.165, 1.54) is 0 Å². The lowest BCUT2D eigenvalue weighted by atomic mass is 10.1. The van der Waals surface area contributed by atoms with Crippen LogP contribution >= 0.6 is 0 Å². The number of benzene rings is 1. The topological polar surface area (TPSA) is 40.1 Å². The minimum atomic E-state index is -5.32. The van der Waals surface area contributed by atoms with Gasteiger partial charge in [0, 0.05) is 0 Å². The number of ketones is 1. The fourth-order valence-corrected chi connectivity index (χ4v) is 1.26.